The van der Waals surface area contributed by atoms with Crippen LogP contribution in [-0.4, -0.2) is 36.9 Å². The minimum absolute atomic E-state index is 0.187. The molecule has 2 aliphatic carbocycles. The molecule has 2 N–H and O–H groups in total. The second kappa shape index (κ2) is 6.70. The molecule has 6 rings (SSSR count). The van der Waals surface area contributed by atoms with E-state index in [4.69, 9.17) is 0 Å². The first-order valence-electron chi connectivity index (χ1n) is 11.8. The summed E-state index contributed by atoms with van der Waals surface area (Å²) in [4.78, 5) is 20.1. The number of anilines is 1. The van der Waals surface area contributed by atoms with Crippen molar-refractivity contribution in [3.63, 3.8) is 0 Å². The Morgan fingerprint density at radius 3 is 2.55 bits per heavy atom. The Hall–Kier alpha value is -2.59. The van der Waals surface area contributed by atoms with Gasteiger partial charge in [0.15, 0.2) is 5.78 Å². The second-order valence-corrected chi connectivity index (χ2v) is 10.2. The molecule has 2 fully saturated rings. The summed E-state index contributed by atoms with van der Waals surface area (Å²) in [6.45, 7) is 10.7. The molecule has 1 saturated heterocycles. The summed E-state index contributed by atoms with van der Waals surface area (Å²) in [7, 11) is 0. The number of ketones is 1. The number of hydrogen-bond donors (Lipinski definition) is 2. The Kier molecular flexibility index (Phi) is 4.13. The quantitative estimate of drug-likeness (QED) is 0.620. The molecule has 3 aliphatic rings. The summed E-state index contributed by atoms with van der Waals surface area (Å²) >= 11 is 0. The standard InChI is InChI=1S/C27H31N3O/c1-16-7-8-18-22(13-16)29-26-24(18)25(31)20-14-19(17-5-4-6-17)23(15-21(20)27(26,2)3)30-11-9-28-10-12-30/h7-8,13-15,17,28-29H,4-6,9-12H2,1-3H3. The number of carbonyl (C=O) groups is 1. The zero-order valence-electron chi connectivity index (χ0n) is 18.8. The zero-order valence-corrected chi connectivity index (χ0v) is 18.8. The molecule has 0 atom stereocenters. The summed E-state index contributed by atoms with van der Waals surface area (Å²) in [5.74, 6) is 0.782. The van der Waals surface area contributed by atoms with Gasteiger partial charge >= 0.3 is 0 Å². The Labute approximate surface area is 184 Å². The van der Waals surface area contributed by atoms with Crippen LogP contribution >= 0.6 is 0 Å². The number of carbonyl (C=O) groups excluding carboxylic acids is 1. The van der Waals surface area contributed by atoms with Crippen LogP contribution in [0.15, 0.2) is 30.3 Å². The Bertz CT molecular complexity index is 1210. The van der Waals surface area contributed by atoms with E-state index in [2.05, 4.69) is 66.3 Å². The molecule has 1 aromatic heterocycles. The van der Waals surface area contributed by atoms with Gasteiger partial charge in [0.25, 0.3) is 0 Å². The van der Waals surface area contributed by atoms with E-state index < -0.39 is 0 Å². The number of aromatic amines is 1. The van der Waals surface area contributed by atoms with Gasteiger partial charge < -0.3 is 15.2 Å². The predicted molar refractivity (Wildman–Crippen MR) is 127 cm³/mol. The minimum Gasteiger partial charge on any atom is -0.369 e. The molecule has 1 aliphatic heterocycles. The molecule has 0 amide bonds. The highest BCUT2D eigenvalue weighted by Gasteiger charge is 2.41. The predicted octanol–water partition coefficient (Wildman–Crippen LogP) is 5.02. The summed E-state index contributed by atoms with van der Waals surface area (Å²) in [6, 6.07) is 11.0. The largest absolute Gasteiger partial charge is 0.369 e. The molecule has 0 spiro atoms. The molecule has 4 nitrogen and oxygen atoms in total. The maximum atomic E-state index is 13.9. The second-order valence-electron chi connectivity index (χ2n) is 10.2. The monoisotopic (exact) mass is 413 g/mol. The Morgan fingerprint density at radius 2 is 1.84 bits per heavy atom. The fraction of sp³-hybridized carbons (Fsp3) is 0.444. The summed E-state index contributed by atoms with van der Waals surface area (Å²) < 4.78 is 0. The first-order valence-corrected chi connectivity index (χ1v) is 11.8. The molecule has 1 saturated carbocycles. The zero-order chi connectivity index (χ0) is 21.3. The molecule has 0 unspecified atom stereocenters. The first-order chi connectivity index (χ1) is 14.9. The normalized spacial score (nSPS) is 20.5. The maximum Gasteiger partial charge on any atom is 0.195 e. The van der Waals surface area contributed by atoms with Gasteiger partial charge in [-0.05, 0) is 60.6 Å². The number of rotatable bonds is 2. The molecule has 4 heteroatoms. The number of nitrogens with one attached hydrogen (secondary N) is 2. The van der Waals surface area contributed by atoms with Gasteiger partial charge in [-0.3, -0.25) is 4.79 Å². The van der Waals surface area contributed by atoms with Crippen molar-refractivity contribution in [2.24, 2.45) is 0 Å². The van der Waals surface area contributed by atoms with Gasteiger partial charge in [0.1, 0.15) is 0 Å². The average Bonchev–Trinajstić information content (AvgIpc) is 3.11. The van der Waals surface area contributed by atoms with Crippen LogP contribution in [0.1, 0.15) is 77.3 Å². The van der Waals surface area contributed by atoms with E-state index in [0.717, 1.165) is 53.9 Å². The number of piperazine rings is 1. The van der Waals surface area contributed by atoms with Crippen molar-refractivity contribution < 1.29 is 4.79 Å². The van der Waals surface area contributed by atoms with Crippen LogP contribution < -0.4 is 10.2 Å². The van der Waals surface area contributed by atoms with Crippen LogP contribution in [0, 0.1) is 6.92 Å². The van der Waals surface area contributed by atoms with Gasteiger partial charge in [-0.1, -0.05) is 32.4 Å². The summed E-state index contributed by atoms with van der Waals surface area (Å²) in [5, 5.41) is 4.53. The number of aryl methyl sites for hydroxylation is 1. The molecule has 0 bridgehead atoms. The molecule has 2 aromatic carbocycles. The van der Waals surface area contributed by atoms with Gasteiger partial charge in [-0.15, -0.1) is 0 Å². The van der Waals surface area contributed by atoms with Crippen LogP contribution in [-0.2, 0) is 5.41 Å². The molecule has 31 heavy (non-hydrogen) atoms. The number of fused-ring (bicyclic) bond motifs is 4. The van der Waals surface area contributed by atoms with Crippen molar-refractivity contribution in [1.29, 1.82) is 0 Å². The Morgan fingerprint density at radius 1 is 1.06 bits per heavy atom. The van der Waals surface area contributed by atoms with Gasteiger partial charge in [0.05, 0.1) is 5.56 Å². The Balaban J connectivity index is 1.58. The molecule has 2 heterocycles. The highest BCUT2D eigenvalue weighted by atomic mass is 16.1. The number of aromatic nitrogens is 1. The van der Waals surface area contributed by atoms with Crippen LogP contribution in [0.2, 0.25) is 0 Å². The average molecular weight is 414 g/mol. The highest BCUT2D eigenvalue weighted by Crippen LogP contribution is 2.48. The van der Waals surface area contributed by atoms with E-state index in [-0.39, 0.29) is 11.2 Å². The lowest BCUT2D eigenvalue weighted by Gasteiger charge is -2.39. The van der Waals surface area contributed by atoms with Crippen molar-refractivity contribution in [2.75, 3.05) is 31.1 Å². The first kappa shape index (κ1) is 19.1. The van der Waals surface area contributed by atoms with Crippen molar-refractivity contribution >= 4 is 22.4 Å². The van der Waals surface area contributed by atoms with E-state index in [0.29, 0.717) is 5.92 Å². The van der Waals surface area contributed by atoms with Crippen LogP contribution in [0.3, 0.4) is 0 Å². The van der Waals surface area contributed by atoms with Crippen molar-refractivity contribution in [2.45, 2.75) is 51.4 Å². The smallest absolute Gasteiger partial charge is 0.195 e. The van der Waals surface area contributed by atoms with Crippen molar-refractivity contribution in [3.05, 3.63) is 63.8 Å². The van der Waals surface area contributed by atoms with E-state index in [9.17, 15) is 4.79 Å². The molecular weight excluding hydrogens is 382 g/mol. The molecule has 0 radical (unpaired) electrons. The highest BCUT2D eigenvalue weighted by molar-refractivity contribution is 6.20. The molecule has 3 aromatic rings. The van der Waals surface area contributed by atoms with Gasteiger partial charge in [-0.25, -0.2) is 0 Å². The lowest BCUT2D eigenvalue weighted by molar-refractivity contribution is 0.103. The van der Waals surface area contributed by atoms with E-state index >= 15 is 0 Å². The fourth-order valence-corrected chi connectivity index (χ4v) is 5.82. The third-order valence-electron chi connectivity index (χ3n) is 7.89. The van der Waals surface area contributed by atoms with Gasteiger partial charge in [0, 0.05) is 59.4 Å². The van der Waals surface area contributed by atoms with Crippen molar-refractivity contribution in [1.82, 2.24) is 10.3 Å². The van der Waals surface area contributed by atoms with E-state index in [1.807, 2.05) is 0 Å². The lowest BCUT2D eigenvalue weighted by Crippen LogP contribution is -2.44. The number of nitrogens with zero attached hydrogens (tertiary/aromatic N) is 1. The number of hydrogen-bond acceptors (Lipinski definition) is 3. The topological polar surface area (TPSA) is 48.1 Å². The third kappa shape index (κ3) is 2.74. The van der Waals surface area contributed by atoms with E-state index in [1.165, 1.54) is 41.6 Å². The van der Waals surface area contributed by atoms with Gasteiger partial charge in [-0.2, -0.15) is 0 Å². The number of benzene rings is 2. The van der Waals surface area contributed by atoms with Crippen molar-refractivity contribution in [3.8, 4) is 0 Å². The van der Waals surface area contributed by atoms with Gasteiger partial charge in [0.2, 0.25) is 0 Å². The van der Waals surface area contributed by atoms with E-state index in [1.54, 1.807) is 0 Å². The summed E-state index contributed by atoms with van der Waals surface area (Å²) in [6.07, 6.45) is 3.79. The third-order valence-corrected chi connectivity index (χ3v) is 7.89. The van der Waals surface area contributed by atoms with Crippen LogP contribution in [0.25, 0.3) is 10.9 Å². The fourth-order valence-electron chi connectivity index (χ4n) is 5.82. The SMILES string of the molecule is Cc1ccc2c3c([nH]c2c1)C(C)(C)c1cc(N2CCNCC2)c(C2CCC2)cc1C3=O. The summed E-state index contributed by atoms with van der Waals surface area (Å²) in [5.41, 5.74) is 8.83. The molecular formula is C27H31N3O. The minimum atomic E-state index is -0.244. The number of H-pyrrole nitrogens is 1. The lowest BCUT2D eigenvalue weighted by atomic mass is 9.69. The van der Waals surface area contributed by atoms with Crippen LogP contribution in [0.5, 0.6) is 0 Å². The molecule has 160 valence electrons. The maximum absolute atomic E-state index is 13.9. The van der Waals surface area contributed by atoms with Crippen LogP contribution in [0.4, 0.5) is 5.69 Å².